The van der Waals surface area contributed by atoms with Crippen molar-refractivity contribution in [3.8, 4) is 0 Å². The minimum atomic E-state index is -2.02. The Morgan fingerprint density at radius 2 is 1.37 bits per heavy atom. The first-order valence-corrected chi connectivity index (χ1v) is 30.8. The number of likely N-dealkylation sites (N-methyl/N-ethyl adjacent to an activating group) is 1. The molecule has 0 aliphatic carbocycles. The van der Waals surface area contributed by atoms with Crippen LogP contribution in [0.15, 0.2) is 64.1 Å². The number of hydrogen-bond donors (Lipinski definition) is 17. The van der Waals surface area contributed by atoms with Gasteiger partial charge >= 0.3 is 23.9 Å². The number of aliphatic imine (C=N–C) groups is 2. The molecule has 22 N–H and O–H groups in total. The average Bonchev–Trinajstić information content (AvgIpc) is 1.33. The van der Waals surface area contributed by atoms with E-state index in [-0.39, 0.29) is 69.1 Å². The minimum absolute atomic E-state index is 0.0135. The van der Waals surface area contributed by atoms with Crippen LogP contribution >= 0.6 is 11.8 Å². The molecule has 9 amide bonds. The van der Waals surface area contributed by atoms with Crippen molar-refractivity contribution in [2.45, 2.75) is 152 Å². The number of hydrogen-bond acceptors (Lipinski definition) is 18. The van der Waals surface area contributed by atoms with Gasteiger partial charge in [-0.15, -0.1) is 0 Å². The van der Waals surface area contributed by atoms with Crippen LogP contribution < -0.4 is 71.2 Å². The average molecular weight is 1330 g/mol. The number of carboxylic acids is 4. The van der Waals surface area contributed by atoms with Crippen molar-refractivity contribution in [1.82, 2.24) is 47.4 Å². The Labute approximate surface area is 541 Å². The second-order valence-corrected chi connectivity index (χ2v) is 23.1. The van der Waals surface area contributed by atoms with Crippen molar-refractivity contribution in [2.75, 3.05) is 45.3 Å². The number of methoxy groups -OCH3 is 1. The molecule has 0 aromatic heterocycles. The van der Waals surface area contributed by atoms with Crippen molar-refractivity contribution in [3.05, 3.63) is 59.7 Å². The van der Waals surface area contributed by atoms with Crippen LogP contribution in [0.3, 0.4) is 0 Å². The number of rotatable bonds is 29. The van der Waals surface area contributed by atoms with Crippen molar-refractivity contribution in [2.24, 2.45) is 50.5 Å². The Balaban J connectivity index is 2.84. The second-order valence-electron chi connectivity index (χ2n) is 22.0. The number of nitrogens with two attached hydrogens (primary N) is 5. The first-order chi connectivity index (χ1) is 43.7. The number of amides is 9. The molecule has 0 saturated carbocycles. The Hall–Kier alpha value is -9.38. The third-order valence-electron chi connectivity index (χ3n) is 14.5. The number of benzene rings is 1. The van der Waals surface area contributed by atoms with Crippen LogP contribution in [0.4, 0.5) is 0 Å². The number of guanidine groups is 2. The van der Waals surface area contributed by atoms with Gasteiger partial charge in [-0.3, -0.25) is 62.7 Å². The van der Waals surface area contributed by atoms with Crippen LogP contribution in [0.25, 0.3) is 0 Å². The lowest BCUT2D eigenvalue weighted by atomic mass is 9.94. The fraction of sp³-hybridized carbons (Fsp3) is 0.569. The van der Waals surface area contributed by atoms with Gasteiger partial charge in [0.05, 0.1) is 24.5 Å². The smallest absolute Gasteiger partial charge is 0.326 e. The molecule has 1 fully saturated rings. The standard InChI is InChI=1S/C58H90N16O18S/c1-30(24-31(2)43(92-6)25-34-12-8-7-9-13-34)16-18-36-32(3)48(80)72-39(55(88)89)19-21-46(77)74(5)42(29-93-28-41(50(82)66-27-47(78)79)69-44(75)20-17-35(59)54(86)87)53(85)67-33(4)49(81)71-38(15-11-23-65-58(62)63)52(84)73-40(56(90)91)26-45(76)68-37(51(83)70-36)14-10-22-64-57(60)61/h7-9,12-13,16,18,24,31-33,35-43H,10-11,14-15,17,19-23,25-29,59H2,1-6H3,(H,66,82)(H,67,85)(H,68,76)(H,69,75)(H,70,83)(H,71,81)(H,72,80)(H,73,84)(H,78,79)(H,86,87)(H,88,89)(H,90,91)(H4,60,61,64)(H4,62,63,65)/b18-16+,30-24+/t31-,32-,33+,35-,36-,37-,38-,39+,40+,41-,42?,43-/m0/s1. The fourth-order valence-electron chi connectivity index (χ4n) is 9.04. The molecule has 34 nitrogen and oxygen atoms in total. The van der Waals surface area contributed by atoms with Gasteiger partial charge in [-0.25, -0.2) is 9.59 Å². The van der Waals surface area contributed by atoms with E-state index in [2.05, 4.69) is 52.5 Å². The maximum Gasteiger partial charge on any atom is 0.326 e. The third kappa shape index (κ3) is 30.5. The molecule has 1 aromatic rings. The van der Waals surface area contributed by atoms with E-state index in [9.17, 15) is 82.8 Å². The van der Waals surface area contributed by atoms with Gasteiger partial charge in [0.1, 0.15) is 54.9 Å². The number of allylic oxidation sites excluding steroid dienone is 2. The molecule has 93 heavy (non-hydrogen) atoms. The summed E-state index contributed by atoms with van der Waals surface area (Å²) in [6.07, 6.45) is 1.66. The molecule has 0 radical (unpaired) electrons. The Kier molecular flexibility index (Phi) is 35.3. The number of aliphatic carboxylic acids is 4. The fourth-order valence-corrected chi connectivity index (χ4v) is 10.2. The van der Waals surface area contributed by atoms with Crippen molar-refractivity contribution in [3.63, 3.8) is 0 Å². The van der Waals surface area contributed by atoms with Crippen LogP contribution in [0.5, 0.6) is 0 Å². The van der Waals surface area contributed by atoms with Crippen LogP contribution in [0, 0.1) is 11.8 Å². The molecule has 1 saturated heterocycles. The summed E-state index contributed by atoms with van der Waals surface area (Å²) in [6.45, 7) is 5.18. The zero-order valence-corrected chi connectivity index (χ0v) is 53.6. The second kappa shape index (κ2) is 41.2. The molecule has 12 atom stereocenters. The molecule has 1 unspecified atom stereocenters. The summed E-state index contributed by atoms with van der Waals surface area (Å²) in [6, 6.07) is -4.86. The van der Waals surface area contributed by atoms with Crippen LogP contribution in [-0.2, 0) is 73.5 Å². The summed E-state index contributed by atoms with van der Waals surface area (Å²) in [7, 11) is 2.72. The van der Waals surface area contributed by atoms with E-state index in [0.29, 0.717) is 12.0 Å². The normalized spacial score (nSPS) is 22.4. The van der Waals surface area contributed by atoms with Crippen molar-refractivity contribution < 1.29 is 87.5 Å². The van der Waals surface area contributed by atoms with Gasteiger partial charge in [-0.05, 0) is 64.4 Å². The number of ether oxygens (including phenoxy) is 1. The minimum Gasteiger partial charge on any atom is -0.480 e. The van der Waals surface area contributed by atoms with E-state index in [0.717, 1.165) is 29.3 Å². The highest BCUT2D eigenvalue weighted by Crippen LogP contribution is 2.19. The maximum absolute atomic E-state index is 14.5. The Morgan fingerprint density at radius 3 is 1.92 bits per heavy atom. The molecule has 1 aliphatic heterocycles. The van der Waals surface area contributed by atoms with E-state index in [1.165, 1.54) is 19.9 Å². The number of carboxylic acid groups (broad SMARTS) is 4. The zero-order chi connectivity index (χ0) is 70.1. The lowest BCUT2D eigenvalue weighted by Crippen LogP contribution is -2.58. The Morgan fingerprint density at radius 1 is 0.785 bits per heavy atom. The number of nitrogens with zero attached hydrogens (tertiary/aromatic N) is 3. The molecule has 1 aromatic carbocycles. The first kappa shape index (κ1) is 79.7. The Bertz CT molecular complexity index is 2890. The largest absolute Gasteiger partial charge is 0.480 e. The first-order valence-electron chi connectivity index (χ1n) is 29.7. The highest BCUT2D eigenvalue weighted by atomic mass is 32.2. The van der Waals surface area contributed by atoms with Gasteiger partial charge < -0.3 is 101 Å². The topological polar surface area (TPSA) is 566 Å². The van der Waals surface area contributed by atoms with Gasteiger partial charge in [0.25, 0.3) is 0 Å². The van der Waals surface area contributed by atoms with Crippen molar-refractivity contribution >= 4 is 101 Å². The maximum atomic E-state index is 14.5. The van der Waals surface area contributed by atoms with Crippen LogP contribution in [0.1, 0.15) is 91.0 Å². The van der Waals surface area contributed by atoms with Gasteiger partial charge in [-0.1, -0.05) is 68.0 Å². The number of nitrogens with one attached hydrogen (secondary N) is 8. The lowest BCUT2D eigenvalue weighted by molar-refractivity contribution is -0.144. The summed E-state index contributed by atoms with van der Waals surface area (Å²) in [5.74, 6) is -18.3. The summed E-state index contributed by atoms with van der Waals surface area (Å²) in [5.41, 5.74) is 29.2. The highest BCUT2D eigenvalue weighted by molar-refractivity contribution is 7.99. The summed E-state index contributed by atoms with van der Waals surface area (Å²) < 4.78 is 5.83. The van der Waals surface area contributed by atoms with E-state index in [1.54, 1.807) is 20.1 Å². The van der Waals surface area contributed by atoms with Gasteiger partial charge in [0.15, 0.2) is 11.9 Å². The molecule has 0 bridgehead atoms. The van der Waals surface area contributed by atoms with Crippen LogP contribution in [-0.4, -0.2) is 220 Å². The summed E-state index contributed by atoms with van der Waals surface area (Å²) in [4.78, 5) is 183. The molecule has 1 heterocycles. The van der Waals surface area contributed by atoms with E-state index in [1.807, 2.05) is 43.3 Å². The predicted molar refractivity (Wildman–Crippen MR) is 340 cm³/mol. The molecule has 2 rings (SSSR count). The molecular formula is C58H90N16O18S. The third-order valence-corrected chi connectivity index (χ3v) is 15.6. The van der Waals surface area contributed by atoms with Gasteiger partial charge in [0, 0.05) is 57.5 Å². The van der Waals surface area contributed by atoms with Crippen molar-refractivity contribution in [1.29, 1.82) is 0 Å². The monoisotopic (exact) mass is 1330 g/mol. The van der Waals surface area contributed by atoms with E-state index < -0.39 is 181 Å². The lowest BCUT2D eigenvalue weighted by Gasteiger charge is -2.30. The molecule has 0 spiro atoms. The van der Waals surface area contributed by atoms with E-state index >= 15 is 0 Å². The SMILES string of the molecule is CO[C@@H](Cc1ccccc1)[C@@H](C)/C=C(C)/C=C/[C@@H]1NC(=O)[C@H](CCCN=C(N)N)NC(=O)C[C@H](C(=O)O)NC(=O)[C@H](CCCN=C(N)N)NC(=O)[C@@H](C)NC(=O)C(CSC[C@H](NC(=O)CC[C@H](N)C(=O)O)C(=O)NCC(=O)O)N(C)C(=O)CC[C@H](C(=O)O)NC(=O)[C@H]1C. The predicted octanol–water partition coefficient (Wildman–Crippen LogP) is -4.15. The summed E-state index contributed by atoms with van der Waals surface area (Å²) in [5, 5.41) is 58.4. The van der Waals surface area contributed by atoms with Crippen LogP contribution in [0.2, 0.25) is 0 Å². The van der Waals surface area contributed by atoms with Gasteiger partial charge in [0.2, 0.25) is 53.2 Å². The molecular weight excluding hydrogens is 1240 g/mol. The quantitative estimate of drug-likeness (QED) is 0.0157. The highest BCUT2D eigenvalue weighted by Gasteiger charge is 2.36. The zero-order valence-electron chi connectivity index (χ0n) is 52.8. The number of carbonyl (C=O) groups excluding carboxylic acids is 9. The number of thioether (sulfide) groups is 1. The molecule has 516 valence electrons. The van der Waals surface area contributed by atoms with E-state index in [4.69, 9.17) is 33.4 Å². The molecule has 35 heteroatoms. The van der Waals surface area contributed by atoms with Gasteiger partial charge in [-0.2, -0.15) is 11.8 Å². The number of carbonyl (C=O) groups is 13. The molecule has 1 aliphatic rings. The summed E-state index contributed by atoms with van der Waals surface area (Å²) >= 11 is 0.756.